The summed E-state index contributed by atoms with van der Waals surface area (Å²) in [6, 6.07) is 11.2. The molecule has 20 heavy (non-hydrogen) atoms. The van der Waals surface area contributed by atoms with Gasteiger partial charge < -0.3 is 10.3 Å². The summed E-state index contributed by atoms with van der Waals surface area (Å²) in [4.78, 5) is 26.0. The number of pyridine rings is 1. The topological polar surface area (TPSA) is 62.0 Å². The first kappa shape index (κ1) is 12.7. The minimum absolute atomic E-state index is 0.0340. The fourth-order valence-corrected chi connectivity index (χ4v) is 2.73. The molecule has 2 aromatic rings. The lowest BCUT2D eigenvalue weighted by molar-refractivity contribution is 0.0932. The van der Waals surface area contributed by atoms with Crippen molar-refractivity contribution in [1.29, 1.82) is 0 Å². The van der Waals surface area contributed by atoms with E-state index in [0.29, 0.717) is 5.56 Å². The van der Waals surface area contributed by atoms with Crippen molar-refractivity contribution in [3.05, 3.63) is 69.6 Å². The number of aromatic amines is 1. The van der Waals surface area contributed by atoms with Crippen molar-refractivity contribution in [2.24, 2.45) is 0 Å². The van der Waals surface area contributed by atoms with E-state index in [0.717, 1.165) is 19.3 Å². The third-order valence-electron chi connectivity index (χ3n) is 3.71. The smallest absolute Gasteiger partial charge is 0.252 e. The first-order chi connectivity index (χ1) is 9.74. The van der Waals surface area contributed by atoms with Crippen LogP contribution in [0.1, 0.15) is 40.4 Å². The number of nitrogens with one attached hydrogen (secondary N) is 2. The van der Waals surface area contributed by atoms with Crippen molar-refractivity contribution in [2.75, 3.05) is 0 Å². The summed E-state index contributed by atoms with van der Waals surface area (Å²) in [7, 11) is 0. The van der Waals surface area contributed by atoms with Gasteiger partial charge in [-0.05, 0) is 36.5 Å². The van der Waals surface area contributed by atoms with Crippen LogP contribution in [0.3, 0.4) is 0 Å². The molecule has 0 saturated carbocycles. The molecule has 1 atom stereocenters. The quantitative estimate of drug-likeness (QED) is 0.877. The fraction of sp³-hybridized carbons (Fsp3) is 0.250. The number of hydrogen-bond acceptors (Lipinski definition) is 2. The largest absolute Gasteiger partial charge is 0.345 e. The third kappa shape index (κ3) is 2.50. The lowest BCUT2D eigenvalue weighted by Crippen LogP contribution is -2.31. The van der Waals surface area contributed by atoms with Gasteiger partial charge in [0.2, 0.25) is 5.56 Å². The number of carbonyl (C=O) groups is 1. The highest BCUT2D eigenvalue weighted by molar-refractivity contribution is 5.94. The Bertz CT molecular complexity index is 691. The van der Waals surface area contributed by atoms with E-state index >= 15 is 0 Å². The van der Waals surface area contributed by atoms with E-state index in [2.05, 4.69) is 22.4 Å². The number of hydrogen-bond donors (Lipinski definition) is 2. The van der Waals surface area contributed by atoms with Gasteiger partial charge in [0.1, 0.15) is 0 Å². The maximum Gasteiger partial charge on any atom is 0.252 e. The highest BCUT2D eigenvalue weighted by Crippen LogP contribution is 2.29. The highest BCUT2D eigenvalue weighted by atomic mass is 16.2. The van der Waals surface area contributed by atoms with E-state index in [4.69, 9.17) is 0 Å². The zero-order chi connectivity index (χ0) is 13.9. The lowest BCUT2D eigenvalue weighted by Gasteiger charge is -2.26. The minimum Gasteiger partial charge on any atom is -0.345 e. The van der Waals surface area contributed by atoms with Crippen LogP contribution in [0.5, 0.6) is 0 Å². The summed E-state index contributed by atoms with van der Waals surface area (Å²) < 4.78 is 0. The standard InChI is InChI=1S/C16H16N2O2/c19-15-10-12(8-9-17-15)16(20)18-14-7-3-5-11-4-1-2-6-13(11)14/h1-2,4,6,8-10,14H,3,5,7H2,(H,17,19)(H,18,20). The molecule has 0 saturated heterocycles. The molecule has 2 N–H and O–H groups in total. The lowest BCUT2D eigenvalue weighted by atomic mass is 9.87. The van der Waals surface area contributed by atoms with Crippen molar-refractivity contribution in [1.82, 2.24) is 10.3 Å². The van der Waals surface area contributed by atoms with E-state index < -0.39 is 0 Å². The second kappa shape index (κ2) is 5.33. The first-order valence-electron chi connectivity index (χ1n) is 6.81. The molecule has 1 aliphatic rings. The molecule has 0 spiro atoms. The van der Waals surface area contributed by atoms with Crippen molar-refractivity contribution in [3.63, 3.8) is 0 Å². The molecule has 1 aliphatic carbocycles. The average Bonchev–Trinajstić information content (AvgIpc) is 2.47. The molecular formula is C16H16N2O2. The van der Waals surface area contributed by atoms with Crippen molar-refractivity contribution < 1.29 is 4.79 Å². The Labute approximate surface area is 116 Å². The predicted octanol–water partition coefficient (Wildman–Crippen LogP) is 2.18. The number of fused-ring (bicyclic) bond motifs is 1. The van der Waals surface area contributed by atoms with Gasteiger partial charge in [-0.15, -0.1) is 0 Å². The Hall–Kier alpha value is -2.36. The van der Waals surface area contributed by atoms with Crippen LogP contribution in [-0.2, 0) is 6.42 Å². The molecule has 0 fully saturated rings. The Kier molecular flexibility index (Phi) is 3.37. The number of aromatic nitrogens is 1. The Morgan fingerprint density at radius 3 is 2.95 bits per heavy atom. The van der Waals surface area contributed by atoms with Gasteiger partial charge in [-0.2, -0.15) is 0 Å². The second-order valence-electron chi connectivity index (χ2n) is 5.06. The summed E-state index contributed by atoms with van der Waals surface area (Å²) in [6.45, 7) is 0. The maximum atomic E-state index is 12.2. The van der Waals surface area contributed by atoms with Gasteiger partial charge in [-0.3, -0.25) is 9.59 Å². The summed E-state index contributed by atoms with van der Waals surface area (Å²) >= 11 is 0. The van der Waals surface area contributed by atoms with E-state index in [1.807, 2.05) is 12.1 Å². The van der Waals surface area contributed by atoms with Crippen LogP contribution in [0.15, 0.2) is 47.4 Å². The van der Waals surface area contributed by atoms with Crippen LogP contribution in [0.2, 0.25) is 0 Å². The van der Waals surface area contributed by atoms with E-state index in [1.54, 1.807) is 6.07 Å². The number of rotatable bonds is 2. The van der Waals surface area contributed by atoms with Crippen LogP contribution in [0.4, 0.5) is 0 Å². The Morgan fingerprint density at radius 1 is 1.25 bits per heavy atom. The van der Waals surface area contributed by atoms with Gasteiger partial charge in [0.25, 0.3) is 5.91 Å². The summed E-state index contributed by atoms with van der Waals surface area (Å²) in [6.07, 6.45) is 4.56. The summed E-state index contributed by atoms with van der Waals surface area (Å²) in [5.41, 5.74) is 2.63. The molecule has 102 valence electrons. The molecule has 0 aliphatic heterocycles. The first-order valence-corrected chi connectivity index (χ1v) is 6.81. The Morgan fingerprint density at radius 2 is 2.10 bits per heavy atom. The minimum atomic E-state index is -0.262. The van der Waals surface area contributed by atoms with Crippen LogP contribution in [0, 0.1) is 0 Å². The Balaban J connectivity index is 1.82. The second-order valence-corrected chi connectivity index (χ2v) is 5.06. The molecule has 4 heteroatoms. The van der Waals surface area contributed by atoms with Crippen molar-refractivity contribution in [3.8, 4) is 0 Å². The maximum absolute atomic E-state index is 12.2. The average molecular weight is 268 g/mol. The molecule has 4 nitrogen and oxygen atoms in total. The van der Waals surface area contributed by atoms with Gasteiger partial charge in [0.15, 0.2) is 0 Å². The molecule has 0 radical (unpaired) electrons. The van der Waals surface area contributed by atoms with Crippen molar-refractivity contribution >= 4 is 5.91 Å². The monoisotopic (exact) mass is 268 g/mol. The van der Waals surface area contributed by atoms with Crippen LogP contribution in [-0.4, -0.2) is 10.9 Å². The molecule has 1 aromatic carbocycles. The zero-order valence-electron chi connectivity index (χ0n) is 11.1. The molecular weight excluding hydrogens is 252 g/mol. The molecule has 1 amide bonds. The van der Waals surface area contributed by atoms with Crippen LogP contribution >= 0.6 is 0 Å². The van der Waals surface area contributed by atoms with Gasteiger partial charge in [-0.1, -0.05) is 24.3 Å². The van der Waals surface area contributed by atoms with E-state index in [-0.39, 0.29) is 17.5 Å². The van der Waals surface area contributed by atoms with E-state index in [9.17, 15) is 9.59 Å². The summed E-state index contributed by atoms with van der Waals surface area (Å²) in [5, 5.41) is 3.03. The van der Waals surface area contributed by atoms with Crippen LogP contribution < -0.4 is 10.9 Å². The molecule has 1 aromatic heterocycles. The third-order valence-corrected chi connectivity index (χ3v) is 3.71. The van der Waals surface area contributed by atoms with Crippen molar-refractivity contribution in [2.45, 2.75) is 25.3 Å². The fourth-order valence-electron chi connectivity index (χ4n) is 2.73. The number of H-pyrrole nitrogens is 1. The molecule has 0 bridgehead atoms. The number of aryl methyl sites for hydroxylation is 1. The highest BCUT2D eigenvalue weighted by Gasteiger charge is 2.21. The van der Waals surface area contributed by atoms with Gasteiger partial charge in [-0.25, -0.2) is 0 Å². The number of benzene rings is 1. The normalized spacial score (nSPS) is 17.3. The zero-order valence-corrected chi connectivity index (χ0v) is 11.1. The molecule has 1 heterocycles. The van der Waals surface area contributed by atoms with E-state index in [1.165, 1.54) is 23.4 Å². The SMILES string of the molecule is O=C(NC1CCCc2ccccc21)c1cc[nH]c(=O)c1. The van der Waals surface area contributed by atoms with Gasteiger partial charge in [0, 0.05) is 17.8 Å². The van der Waals surface area contributed by atoms with Gasteiger partial charge in [0.05, 0.1) is 6.04 Å². The predicted molar refractivity (Wildman–Crippen MR) is 76.6 cm³/mol. The summed E-state index contributed by atoms with van der Waals surface area (Å²) in [5.74, 6) is -0.196. The van der Waals surface area contributed by atoms with Crippen LogP contribution in [0.25, 0.3) is 0 Å². The number of amides is 1. The van der Waals surface area contributed by atoms with Gasteiger partial charge >= 0.3 is 0 Å². The number of carbonyl (C=O) groups excluding carboxylic acids is 1. The molecule has 3 rings (SSSR count). The molecule has 1 unspecified atom stereocenters.